The van der Waals surface area contributed by atoms with Gasteiger partial charge in [0.15, 0.2) is 0 Å². The maximum atomic E-state index is 13.2. The lowest BCUT2D eigenvalue weighted by atomic mass is 9.88. The summed E-state index contributed by atoms with van der Waals surface area (Å²) in [5.74, 6) is -0.235. The number of H-pyrrole nitrogens is 1. The van der Waals surface area contributed by atoms with Gasteiger partial charge in [-0.15, -0.1) is 0 Å². The molecule has 1 saturated heterocycles. The van der Waals surface area contributed by atoms with Crippen molar-refractivity contribution in [3.05, 3.63) is 71.7 Å². The SMILES string of the molecule is NC(=O)[C@@H](c1ccc(F)cc1)N1CCC(c2c[nH]c3ccccc23)CC1. The highest BCUT2D eigenvalue weighted by Crippen LogP contribution is 2.35. The van der Waals surface area contributed by atoms with Crippen molar-refractivity contribution in [2.24, 2.45) is 5.73 Å². The first-order chi connectivity index (χ1) is 12.6. The summed E-state index contributed by atoms with van der Waals surface area (Å²) in [6.07, 6.45) is 4.04. The molecule has 0 unspecified atom stereocenters. The van der Waals surface area contributed by atoms with Crippen LogP contribution in [0.5, 0.6) is 0 Å². The van der Waals surface area contributed by atoms with Gasteiger partial charge in [-0.25, -0.2) is 4.39 Å². The molecule has 3 aromatic rings. The maximum absolute atomic E-state index is 13.2. The topological polar surface area (TPSA) is 62.1 Å². The number of halogens is 1. The summed E-state index contributed by atoms with van der Waals surface area (Å²) in [5.41, 5.74) is 8.92. The van der Waals surface area contributed by atoms with Crippen molar-refractivity contribution in [3.63, 3.8) is 0 Å². The number of benzene rings is 2. The van der Waals surface area contributed by atoms with Gasteiger partial charge in [0.05, 0.1) is 0 Å². The number of piperidine rings is 1. The van der Waals surface area contributed by atoms with E-state index in [1.54, 1.807) is 12.1 Å². The Kier molecular flexibility index (Phi) is 4.47. The molecule has 1 fully saturated rings. The van der Waals surface area contributed by atoms with Crippen molar-refractivity contribution in [2.75, 3.05) is 13.1 Å². The first kappa shape index (κ1) is 16.8. The van der Waals surface area contributed by atoms with Crippen molar-refractivity contribution >= 4 is 16.8 Å². The van der Waals surface area contributed by atoms with Gasteiger partial charge in [0.1, 0.15) is 11.9 Å². The van der Waals surface area contributed by atoms with Crippen LogP contribution in [0.15, 0.2) is 54.7 Å². The number of amides is 1. The van der Waals surface area contributed by atoms with Crippen LogP contribution in [0, 0.1) is 5.82 Å². The number of nitrogens with zero attached hydrogens (tertiary/aromatic N) is 1. The second-order valence-corrected chi connectivity index (χ2v) is 6.96. The molecule has 5 heteroatoms. The number of primary amides is 1. The quantitative estimate of drug-likeness (QED) is 0.753. The summed E-state index contributed by atoms with van der Waals surface area (Å²) in [4.78, 5) is 17.5. The molecule has 134 valence electrons. The van der Waals surface area contributed by atoms with Crippen molar-refractivity contribution in [1.82, 2.24) is 9.88 Å². The summed E-state index contributed by atoms with van der Waals surface area (Å²) < 4.78 is 13.2. The number of fused-ring (bicyclic) bond motifs is 1. The molecule has 2 heterocycles. The van der Waals surface area contributed by atoms with Crippen LogP contribution < -0.4 is 5.73 Å². The second-order valence-electron chi connectivity index (χ2n) is 6.96. The average Bonchev–Trinajstić information content (AvgIpc) is 3.08. The number of para-hydroxylation sites is 1. The molecule has 0 radical (unpaired) electrons. The number of aromatic amines is 1. The maximum Gasteiger partial charge on any atom is 0.239 e. The summed E-state index contributed by atoms with van der Waals surface area (Å²) >= 11 is 0. The van der Waals surface area contributed by atoms with Crippen LogP contribution in [0.2, 0.25) is 0 Å². The lowest BCUT2D eigenvalue weighted by molar-refractivity contribution is -0.124. The molecule has 1 aliphatic rings. The van der Waals surface area contributed by atoms with Gasteiger partial charge in [-0.05, 0) is 61.2 Å². The molecule has 1 aliphatic heterocycles. The minimum atomic E-state index is -0.500. The molecule has 3 N–H and O–H groups in total. The fourth-order valence-corrected chi connectivity index (χ4v) is 4.10. The van der Waals surface area contributed by atoms with E-state index in [0.717, 1.165) is 37.0 Å². The first-order valence-corrected chi connectivity index (χ1v) is 8.98. The number of carbonyl (C=O) groups excluding carboxylic acids is 1. The Morgan fingerprint density at radius 2 is 1.81 bits per heavy atom. The molecule has 0 saturated carbocycles. The van der Waals surface area contributed by atoms with Crippen LogP contribution in [0.3, 0.4) is 0 Å². The molecular formula is C21H22FN3O. The highest BCUT2D eigenvalue weighted by molar-refractivity contribution is 5.83. The van der Waals surface area contributed by atoms with E-state index in [9.17, 15) is 9.18 Å². The Labute approximate surface area is 151 Å². The molecule has 1 amide bonds. The van der Waals surface area contributed by atoms with Crippen molar-refractivity contribution in [2.45, 2.75) is 24.8 Å². The zero-order chi connectivity index (χ0) is 18.1. The molecule has 2 aromatic carbocycles. The Morgan fingerprint density at radius 1 is 1.12 bits per heavy atom. The number of rotatable bonds is 4. The molecule has 4 nitrogen and oxygen atoms in total. The van der Waals surface area contributed by atoms with E-state index >= 15 is 0 Å². The lowest BCUT2D eigenvalue weighted by Gasteiger charge is -2.36. The molecule has 4 rings (SSSR count). The Morgan fingerprint density at radius 3 is 2.50 bits per heavy atom. The normalized spacial score (nSPS) is 17.4. The summed E-state index contributed by atoms with van der Waals surface area (Å²) in [7, 11) is 0. The highest BCUT2D eigenvalue weighted by atomic mass is 19.1. The number of nitrogens with two attached hydrogens (primary N) is 1. The van der Waals surface area contributed by atoms with Gasteiger partial charge in [0.25, 0.3) is 0 Å². The number of aromatic nitrogens is 1. The molecular weight excluding hydrogens is 329 g/mol. The number of carbonyl (C=O) groups is 1. The fraction of sp³-hybridized carbons (Fsp3) is 0.286. The third-order valence-corrected chi connectivity index (χ3v) is 5.41. The van der Waals surface area contributed by atoms with E-state index in [1.807, 2.05) is 6.07 Å². The number of hydrogen-bond donors (Lipinski definition) is 2. The van der Waals surface area contributed by atoms with E-state index in [4.69, 9.17) is 5.73 Å². The van der Waals surface area contributed by atoms with E-state index < -0.39 is 6.04 Å². The monoisotopic (exact) mass is 351 g/mol. The Hall–Kier alpha value is -2.66. The smallest absolute Gasteiger partial charge is 0.239 e. The van der Waals surface area contributed by atoms with Gasteiger partial charge in [-0.2, -0.15) is 0 Å². The number of nitrogens with one attached hydrogen (secondary N) is 1. The van der Waals surface area contributed by atoms with Gasteiger partial charge in [0, 0.05) is 17.1 Å². The second kappa shape index (κ2) is 6.92. The molecule has 0 bridgehead atoms. The van der Waals surface area contributed by atoms with Gasteiger partial charge in [-0.1, -0.05) is 30.3 Å². The number of likely N-dealkylation sites (tertiary alicyclic amines) is 1. The van der Waals surface area contributed by atoms with Gasteiger partial charge >= 0.3 is 0 Å². The molecule has 1 aromatic heterocycles. The zero-order valence-corrected chi connectivity index (χ0v) is 14.5. The van der Waals surface area contributed by atoms with Crippen molar-refractivity contribution < 1.29 is 9.18 Å². The van der Waals surface area contributed by atoms with Crippen LogP contribution in [-0.4, -0.2) is 28.9 Å². The van der Waals surface area contributed by atoms with Gasteiger partial charge < -0.3 is 10.7 Å². The van der Waals surface area contributed by atoms with E-state index in [2.05, 4.69) is 34.3 Å². The molecule has 0 aliphatic carbocycles. The fourth-order valence-electron chi connectivity index (χ4n) is 4.10. The highest BCUT2D eigenvalue weighted by Gasteiger charge is 2.30. The summed E-state index contributed by atoms with van der Waals surface area (Å²) in [6.45, 7) is 1.57. The lowest BCUT2D eigenvalue weighted by Crippen LogP contribution is -2.42. The minimum absolute atomic E-state index is 0.310. The third-order valence-electron chi connectivity index (χ3n) is 5.41. The van der Waals surface area contributed by atoms with Gasteiger partial charge in [-0.3, -0.25) is 9.69 Å². The Balaban J connectivity index is 1.51. The summed E-state index contributed by atoms with van der Waals surface area (Å²) in [6, 6.07) is 13.9. The van der Waals surface area contributed by atoms with Gasteiger partial charge in [0.2, 0.25) is 5.91 Å². The molecule has 1 atom stereocenters. The standard InChI is InChI=1S/C21H22FN3O/c22-16-7-5-15(6-8-16)20(21(23)26)25-11-9-14(10-12-25)18-13-24-19-4-2-1-3-17(18)19/h1-8,13-14,20,24H,9-12H2,(H2,23,26)/t20-/m1/s1. The van der Waals surface area contributed by atoms with E-state index in [-0.39, 0.29) is 11.7 Å². The predicted octanol–water partition coefficient (Wildman–Crippen LogP) is 3.71. The molecule has 26 heavy (non-hydrogen) atoms. The van der Waals surface area contributed by atoms with Crippen molar-refractivity contribution in [1.29, 1.82) is 0 Å². The third kappa shape index (κ3) is 3.10. The van der Waals surface area contributed by atoms with Crippen LogP contribution in [-0.2, 0) is 4.79 Å². The van der Waals surface area contributed by atoms with Crippen LogP contribution >= 0.6 is 0 Å². The van der Waals surface area contributed by atoms with Crippen LogP contribution in [0.4, 0.5) is 4.39 Å². The zero-order valence-electron chi connectivity index (χ0n) is 14.5. The average molecular weight is 351 g/mol. The first-order valence-electron chi connectivity index (χ1n) is 8.98. The predicted molar refractivity (Wildman–Crippen MR) is 100 cm³/mol. The Bertz CT molecular complexity index is 910. The minimum Gasteiger partial charge on any atom is -0.368 e. The van der Waals surface area contributed by atoms with E-state index in [1.165, 1.54) is 23.1 Å². The van der Waals surface area contributed by atoms with E-state index in [0.29, 0.717) is 5.92 Å². The summed E-state index contributed by atoms with van der Waals surface area (Å²) in [5, 5.41) is 1.27. The van der Waals surface area contributed by atoms with Crippen molar-refractivity contribution in [3.8, 4) is 0 Å². The van der Waals surface area contributed by atoms with Crippen LogP contribution in [0.25, 0.3) is 10.9 Å². The number of hydrogen-bond acceptors (Lipinski definition) is 2. The van der Waals surface area contributed by atoms with Crippen LogP contribution in [0.1, 0.15) is 35.9 Å². The largest absolute Gasteiger partial charge is 0.368 e. The molecule has 0 spiro atoms.